The summed E-state index contributed by atoms with van der Waals surface area (Å²) in [5, 5.41) is 12.6. The van der Waals surface area contributed by atoms with Crippen molar-refractivity contribution in [2.45, 2.75) is 19.3 Å². The van der Waals surface area contributed by atoms with Gasteiger partial charge in [-0.15, -0.1) is 11.3 Å². The first kappa shape index (κ1) is 22.6. The molecule has 174 valence electrons. The molecule has 4 aromatic rings. The lowest BCUT2D eigenvalue weighted by atomic mass is 10.2. The second-order valence-corrected chi connectivity index (χ2v) is 9.43. The minimum Gasteiger partial charge on any atom is -0.461 e. The monoisotopic (exact) mass is 485 g/mol. The molecular weight excluding hydrogens is 465 g/mol. The number of aromatic nitrogens is 1. The van der Waals surface area contributed by atoms with Gasteiger partial charge in [0.25, 0.3) is 11.5 Å². The Morgan fingerprint density at radius 1 is 1.17 bits per heavy atom. The minimum absolute atomic E-state index is 0.145. The molecule has 0 spiro atoms. The number of anilines is 1. The summed E-state index contributed by atoms with van der Waals surface area (Å²) in [6.07, 6.45) is 2.68. The quantitative estimate of drug-likeness (QED) is 0.465. The third-order valence-corrected chi connectivity index (χ3v) is 6.98. The normalized spacial score (nSPS) is 18.1. The number of nitriles is 1. The Morgan fingerprint density at radius 3 is 2.54 bits per heavy atom. The van der Waals surface area contributed by atoms with E-state index in [9.17, 15) is 19.2 Å². The average molecular weight is 486 g/mol. The molecule has 2 atom stereocenters. The Labute approximate surface area is 203 Å². The Balaban J connectivity index is 1.67. The zero-order valence-electron chi connectivity index (χ0n) is 18.7. The zero-order chi connectivity index (χ0) is 24.5. The van der Waals surface area contributed by atoms with Gasteiger partial charge in [-0.2, -0.15) is 5.26 Å². The number of carbonyl (C=O) groups excluding carboxylic acids is 1. The predicted octanol–water partition coefficient (Wildman–Crippen LogP) is 3.90. The number of benzene rings is 2. The van der Waals surface area contributed by atoms with Gasteiger partial charge in [0.2, 0.25) is 0 Å². The maximum absolute atomic E-state index is 13.6. The number of amides is 1. The molecule has 1 amide bonds. The fraction of sp³-hybridized carbons (Fsp3) is 0.148. The highest BCUT2D eigenvalue weighted by molar-refractivity contribution is 7.07. The van der Waals surface area contributed by atoms with Crippen molar-refractivity contribution in [3.05, 3.63) is 104 Å². The molecule has 2 aromatic heterocycles. The molecule has 0 aliphatic heterocycles. The maximum Gasteiger partial charge on any atom is 0.273 e. The first-order valence-electron chi connectivity index (χ1n) is 11.0. The van der Waals surface area contributed by atoms with Gasteiger partial charge in [0.15, 0.2) is 5.57 Å². The second-order valence-electron chi connectivity index (χ2n) is 8.40. The van der Waals surface area contributed by atoms with Crippen LogP contribution in [-0.4, -0.2) is 10.5 Å². The van der Waals surface area contributed by atoms with Gasteiger partial charge in [0.1, 0.15) is 28.1 Å². The molecule has 2 heterocycles. The number of nitrogens with zero attached hydrogens (tertiary/aromatic N) is 2. The van der Waals surface area contributed by atoms with E-state index in [0.717, 1.165) is 23.5 Å². The van der Waals surface area contributed by atoms with Crippen LogP contribution in [0.25, 0.3) is 17.3 Å². The summed E-state index contributed by atoms with van der Waals surface area (Å²) in [4.78, 5) is 26.4. The van der Waals surface area contributed by atoms with Crippen molar-refractivity contribution < 1.29 is 13.6 Å². The SMILES string of the molecule is CC1CC1c1ccc(C=c2sc(=C(C#N)C(=O)Nc3ccccc3)n(-c3ccc(F)cc3)c2=O)o1. The first-order valence-corrected chi connectivity index (χ1v) is 11.9. The number of furan rings is 1. The topological polar surface area (TPSA) is 88.0 Å². The molecule has 2 aromatic carbocycles. The molecule has 1 aliphatic carbocycles. The lowest BCUT2D eigenvalue weighted by Gasteiger charge is -2.05. The standard InChI is InChI=1S/C27H20FN3O3S/c1-16-13-21(16)23-12-11-20(34-23)14-24-26(33)31(19-9-7-17(28)8-10-19)27(35-24)22(15-29)25(32)30-18-5-3-2-4-6-18/h2-12,14,16,21H,13H2,1H3,(H,30,32). The molecule has 1 aliphatic rings. The summed E-state index contributed by atoms with van der Waals surface area (Å²) >= 11 is 1.01. The Morgan fingerprint density at radius 2 is 1.89 bits per heavy atom. The van der Waals surface area contributed by atoms with Crippen molar-refractivity contribution in [1.82, 2.24) is 4.57 Å². The number of rotatable bonds is 5. The van der Waals surface area contributed by atoms with Gasteiger partial charge in [0.05, 0.1) is 10.2 Å². The number of para-hydroxylation sites is 1. The molecule has 0 bridgehead atoms. The van der Waals surface area contributed by atoms with Crippen molar-refractivity contribution in [2.75, 3.05) is 5.32 Å². The fourth-order valence-electron chi connectivity index (χ4n) is 3.88. The van der Waals surface area contributed by atoms with E-state index in [-0.39, 0.29) is 14.8 Å². The number of carbonyl (C=O) groups is 1. The van der Waals surface area contributed by atoms with Gasteiger partial charge >= 0.3 is 0 Å². The average Bonchev–Trinajstić information content (AvgIpc) is 3.26. The van der Waals surface area contributed by atoms with Gasteiger partial charge in [-0.1, -0.05) is 25.1 Å². The van der Waals surface area contributed by atoms with Gasteiger partial charge in [-0.3, -0.25) is 14.2 Å². The van der Waals surface area contributed by atoms with Crippen LogP contribution in [-0.2, 0) is 4.79 Å². The van der Waals surface area contributed by atoms with E-state index in [0.29, 0.717) is 29.0 Å². The van der Waals surface area contributed by atoms with E-state index in [2.05, 4.69) is 12.2 Å². The number of thiazole rings is 1. The van der Waals surface area contributed by atoms with Crippen molar-refractivity contribution in [2.24, 2.45) is 5.92 Å². The third kappa shape index (κ3) is 4.59. The summed E-state index contributed by atoms with van der Waals surface area (Å²) in [5.74, 6) is 1.26. The number of nitrogens with one attached hydrogen (secondary N) is 1. The minimum atomic E-state index is -0.648. The molecule has 0 saturated heterocycles. The zero-order valence-corrected chi connectivity index (χ0v) is 19.5. The molecule has 8 heteroatoms. The van der Waals surface area contributed by atoms with E-state index in [1.165, 1.54) is 28.8 Å². The summed E-state index contributed by atoms with van der Waals surface area (Å²) in [6.45, 7) is 2.16. The highest BCUT2D eigenvalue weighted by Crippen LogP contribution is 2.47. The van der Waals surface area contributed by atoms with Crippen LogP contribution in [0.5, 0.6) is 0 Å². The summed E-state index contributed by atoms with van der Waals surface area (Å²) in [6, 6.07) is 19.7. The van der Waals surface area contributed by atoms with Crippen molar-refractivity contribution in [1.29, 1.82) is 5.26 Å². The van der Waals surface area contributed by atoms with Gasteiger partial charge in [-0.05, 0) is 60.9 Å². The third-order valence-electron chi connectivity index (χ3n) is 5.89. The van der Waals surface area contributed by atoms with Crippen LogP contribution in [0.15, 0.2) is 75.9 Å². The van der Waals surface area contributed by atoms with Gasteiger partial charge in [-0.25, -0.2) is 4.39 Å². The van der Waals surface area contributed by atoms with Crippen LogP contribution in [0, 0.1) is 23.1 Å². The first-order chi connectivity index (χ1) is 16.9. The highest BCUT2D eigenvalue weighted by atomic mass is 32.1. The largest absolute Gasteiger partial charge is 0.461 e. The second kappa shape index (κ2) is 9.20. The maximum atomic E-state index is 13.6. The summed E-state index contributed by atoms with van der Waals surface area (Å²) < 4.78 is 21.2. The van der Waals surface area contributed by atoms with Crippen LogP contribution in [0.1, 0.15) is 30.8 Å². The lowest BCUT2D eigenvalue weighted by Crippen LogP contribution is -2.32. The number of hydrogen-bond donors (Lipinski definition) is 1. The molecular formula is C27H20FN3O3S. The van der Waals surface area contributed by atoms with Crippen molar-refractivity contribution in [3.8, 4) is 11.8 Å². The van der Waals surface area contributed by atoms with E-state index >= 15 is 0 Å². The van der Waals surface area contributed by atoms with Gasteiger partial charge < -0.3 is 9.73 Å². The molecule has 0 radical (unpaired) electrons. The smallest absolute Gasteiger partial charge is 0.273 e. The van der Waals surface area contributed by atoms with Crippen LogP contribution in [0.3, 0.4) is 0 Å². The van der Waals surface area contributed by atoms with E-state index in [4.69, 9.17) is 4.42 Å². The van der Waals surface area contributed by atoms with Crippen LogP contribution in [0.2, 0.25) is 0 Å². The Bertz CT molecular complexity index is 1630. The molecule has 35 heavy (non-hydrogen) atoms. The Kier molecular flexibility index (Phi) is 5.93. The molecule has 1 fully saturated rings. The predicted molar refractivity (Wildman–Crippen MR) is 132 cm³/mol. The summed E-state index contributed by atoms with van der Waals surface area (Å²) in [7, 11) is 0. The van der Waals surface area contributed by atoms with Crippen LogP contribution < -0.4 is 20.1 Å². The van der Waals surface area contributed by atoms with E-state index < -0.39 is 17.3 Å². The van der Waals surface area contributed by atoms with Gasteiger partial charge in [0, 0.05) is 17.7 Å². The molecule has 1 saturated carbocycles. The molecule has 2 unspecified atom stereocenters. The molecule has 6 nitrogen and oxygen atoms in total. The molecule has 1 N–H and O–H groups in total. The molecule has 5 rings (SSSR count). The Hall–Kier alpha value is -4.22. The fourth-order valence-corrected chi connectivity index (χ4v) is 4.96. The van der Waals surface area contributed by atoms with Crippen molar-refractivity contribution in [3.63, 3.8) is 0 Å². The van der Waals surface area contributed by atoms with Crippen LogP contribution in [0.4, 0.5) is 10.1 Å². The lowest BCUT2D eigenvalue weighted by molar-refractivity contribution is -0.111. The number of halogens is 1. The van der Waals surface area contributed by atoms with Crippen molar-refractivity contribution >= 4 is 34.6 Å². The van der Waals surface area contributed by atoms with Crippen LogP contribution >= 0.6 is 11.3 Å². The van der Waals surface area contributed by atoms with E-state index in [1.54, 1.807) is 36.4 Å². The number of hydrogen-bond acceptors (Lipinski definition) is 5. The van der Waals surface area contributed by atoms with E-state index in [1.807, 2.05) is 18.2 Å². The summed E-state index contributed by atoms with van der Waals surface area (Å²) in [5.41, 5.74) is 0.192. The highest BCUT2D eigenvalue weighted by Gasteiger charge is 2.36.